The molecular weight excluding hydrogens is 552 g/mol. The number of nitrogens with zero attached hydrogens (tertiary/aromatic N) is 4. The molecule has 5 rings (SSSR count). The molecule has 0 aliphatic carbocycles. The summed E-state index contributed by atoms with van der Waals surface area (Å²) in [6, 6.07) is 27.0. The van der Waals surface area contributed by atoms with E-state index in [1.807, 2.05) is 54.6 Å². The van der Waals surface area contributed by atoms with E-state index in [2.05, 4.69) is 85.8 Å². The topological polar surface area (TPSA) is 40.4 Å². The van der Waals surface area contributed by atoms with E-state index in [1.54, 1.807) is 0 Å². The third-order valence-corrected chi connectivity index (χ3v) is 8.54. The van der Waals surface area contributed by atoms with Crippen LogP contribution in [0.4, 0.5) is 22.7 Å². The summed E-state index contributed by atoms with van der Waals surface area (Å²) in [7, 11) is 0. The van der Waals surface area contributed by atoms with Gasteiger partial charge >= 0.3 is 0 Å². The van der Waals surface area contributed by atoms with Crippen LogP contribution in [0.25, 0.3) is 0 Å². The number of aryl methyl sites for hydroxylation is 6. The smallest absolute Gasteiger partial charge is 0.119 e. The molecule has 6 heteroatoms. The molecule has 1 fully saturated rings. The molecule has 43 heavy (non-hydrogen) atoms. The molecular formula is C37H43ClN4O. The molecule has 4 aromatic carbocycles. The summed E-state index contributed by atoms with van der Waals surface area (Å²) < 4.78 is 6.17. The Labute approximate surface area is 262 Å². The number of rotatable bonds is 10. The number of halogens is 1. The minimum atomic E-state index is 0.0744. The maximum absolute atomic E-state index is 6.82. The average molecular weight is 595 g/mol. The molecule has 1 saturated heterocycles. The summed E-state index contributed by atoms with van der Waals surface area (Å²) in [5.41, 5.74) is 12.1. The predicted octanol–water partition coefficient (Wildman–Crippen LogP) is 10.1. The third-order valence-electron chi connectivity index (χ3n) is 8.26. The van der Waals surface area contributed by atoms with E-state index in [1.165, 1.54) is 44.8 Å². The van der Waals surface area contributed by atoms with Gasteiger partial charge in [0.15, 0.2) is 0 Å². The van der Waals surface area contributed by atoms with E-state index in [0.717, 1.165) is 36.5 Å². The van der Waals surface area contributed by atoms with Gasteiger partial charge in [-0.25, -0.2) is 0 Å². The fourth-order valence-corrected chi connectivity index (χ4v) is 7.04. The molecule has 1 heterocycles. The molecule has 0 bridgehead atoms. The van der Waals surface area contributed by atoms with Gasteiger partial charge in [-0.15, -0.1) is 11.6 Å². The Morgan fingerprint density at radius 1 is 0.721 bits per heavy atom. The highest BCUT2D eigenvalue weighted by atomic mass is 35.5. The van der Waals surface area contributed by atoms with Crippen molar-refractivity contribution in [3.05, 3.63) is 112 Å². The monoisotopic (exact) mass is 594 g/mol. The molecule has 0 spiro atoms. The quantitative estimate of drug-likeness (QED) is 0.104. The summed E-state index contributed by atoms with van der Waals surface area (Å²) in [6.45, 7) is 14.8. The van der Waals surface area contributed by atoms with Crippen molar-refractivity contribution in [1.82, 2.24) is 0 Å². The Morgan fingerprint density at radius 3 is 1.81 bits per heavy atom. The molecule has 224 valence electrons. The van der Waals surface area contributed by atoms with Crippen LogP contribution in [0.2, 0.25) is 0 Å². The maximum Gasteiger partial charge on any atom is 0.119 e. The Balaban J connectivity index is 1.31. The molecule has 0 radical (unpaired) electrons. The van der Waals surface area contributed by atoms with Crippen LogP contribution in [-0.2, 0) is 0 Å². The second kappa shape index (κ2) is 13.6. The summed E-state index contributed by atoms with van der Waals surface area (Å²) in [4.78, 5) is 5.15. The van der Waals surface area contributed by atoms with Gasteiger partial charge in [0.05, 0.1) is 23.9 Å². The van der Waals surface area contributed by atoms with Crippen LogP contribution in [0.5, 0.6) is 5.75 Å². The molecule has 0 aromatic heterocycles. The van der Waals surface area contributed by atoms with Crippen LogP contribution >= 0.6 is 11.6 Å². The standard InChI is InChI=1S/C37H43ClN4O/c1-25-19-27(3)36(28(4)20-25)41-24-33(42(35(41)23-38)37-29(5)21-26(2)22-30(37)6)13-10-18-43-34-16-14-32(15-17-34)40-39-31-11-8-7-9-12-31/h7-9,11-12,14-17,19-22,33,35H,10,13,18,23-24H2,1-6H3/b40-39+. The van der Waals surface area contributed by atoms with Crippen LogP contribution in [-0.4, -0.2) is 31.2 Å². The van der Waals surface area contributed by atoms with Gasteiger partial charge in [-0.3, -0.25) is 0 Å². The van der Waals surface area contributed by atoms with Gasteiger partial charge in [-0.1, -0.05) is 53.6 Å². The van der Waals surface area contributed by atoms with Gasteiger partial charge in [0.2, 0.25) is 0 Å². The van der Waals surface area contributed by atoms with Gasteiger partial charge < -0.3 is 14.5 Å². The lowest BCUT2D eigenvalue weighted by Crippen LogP contribution is -2.43. The number of azo groups is 1. The zero-order chi connectivity index (χ0) is 30.5. The van der Waals surface area contributed by atoms with Crippen LogP contribution in [0.15, 0.2) is 89.1 Å². The first-order valence-corrected chi connectivity index (χ1v) is 15.7. The Bertz CT molecular complexity index is 1520. The number of benzene rings is 4. The second-order valence-electron chi connectivity index (χ2n) is 11.9. The van der Waals surface area contributed by atoms with Crippen molar-refractivity contribution in [3.63, 3.8) is 0 Å². The number of hydrogen-bond donors (Lipinski definition) is 0. The first-order chi connectivity index (χ1) is 20.7. The largest absolute Gasteiger partial charge is 0.494 e. The zero-order valence-electron chi connectivity index (χ0n) is 26.3. The van der Waals surface area contributed by atoms with Crippen molar-refractivity contribution in [2.24, 2.45) is 10.2 Å². The van der Waals surface area contributed by atoms with Crippen LogP contribution in [0.3, 0.4) is 0 Å². The minimum absolute atomic E-state index is 0.0744. The van der Waals surface area contributed by atoms with E-state index >= 15 is 0 Å². The third kappa shape index (κ3) is 7.05. The molecule has 0 saturated carbocycles. The second-order valence-corrected chi connectivity index (χ2v) is 12.2. The fourth-order valence-electron chi connectivity index (χ4n) is 6.72. The van der Waals surface area contributed by atoms with Crippen molar-refractivity contribution >= 4 is 34.4 Å². The highest BCUT2D eigenvalue weighted by Crippen LogP contribution is 2.40. The molecule has 1 aliphatic heterocycles. The van der Waals surface area contributed by atoms with Gasteiger partial charge in [-0.2, -0.15) is 10.2 Å². The van der Waals surface area contributed by atoms with Crippen molar-refractivity contribution in [2.75, 3.05) is 28.8 Å². The van der Waals surface area contributed by atoms with Crippen molar-refractivity contribution in [3.8, 4) is 5.75 Å². The Hall–Kier alpha value is -3.83. The predicted molar refractivity (Wildman–Crippen MR) is 181 cm³/mol. The van der Waals surface area contributed by atoms with E-state index in [0.29, 0.717) is 18.5 Å². The highest BCUT2D eigenvalue weighted by molar-refractivity contribution is 6.18. The maximum atomic E-state index is 6.82. The average Bonchev–Trinajstić information content (AvgIpc) is 3.31. The number of alkyl halides is 1. The van der Waals surface area contributed by atoms with Crippen LogP contribution in [0.1, 0.15) is 46.2 Å². The van der Waals surface area contributed by atoms with E-state index in [9.17, 15) is 0 Å². The lowest BCUT2D eigenvalue weighted by molar-refractivity contribution is 0.302. The zero-order valence-corrected chi connectivity index (χ0v) is 27.0. The molecule has 5 nitrogen and oxygen atoms in total. The minimum Gasteiger partial charge on any atom is -0.494 e. The first-order valence-electron chi connectivity index (χ1n) is 15.2. The molecule has 1 aliphatic rings. The van der Waals surface area contributed by atoms with Crippen molar-refractivity contribution in [1.29, 1.82) is 0 Å². The highest BCUT2D eigenvalue weighted by Gasteiger charge is 2.41. The van der Waals surface area contributed by atoms with Crippen molar-refractivity contribution in [2.45, 2.75) is 66.6 Å². The lowest BCUT2D eigenvalue weighted by atomic mass is 10.0. The fraction of sp³-hybridized carbons (Fsp3) is 0.351. The summed E-state index contributed by atoms with van der Waals surface area (Å²) in [5.74, 6) is 1.37. The van der Waals surface area contributed by atoms with Gasteiger partial charge in [0, 0.05) is 24.0 Å². The lowest BCUT2D eigenvalue weighted by Gasteiger charge is -2.36. The van der Waals surface area contributed by atoms with Gasteiger partial charge in [-0.05, 0) is 113 Å². The van der Waals surface area contributed by atoms with E-state index in [-0.39, 0.29) is 6.17 Å². The summed E-state index contributed by atoms with van der Waals surface area (Å²) in [6.07, 6.45) is 2.02. The number of hydrogen-bond acceptors (Lipinski definition) is 5. The molecule has 0 N–H and O–H groups in total. The Morgan fingerprint density at radius 2 is 1.26 bits per heavy atom. The van der Waals surface area contributed by atoms with Gasteiger partial charge in [0.25, 0.3) is 0 Å². The normalized spacial score (nSPS) is 16.8. The summed E-state index contributed by atoms with van der Waals surface area (Å²) in [5, 5.41) is 8.63. The van der Waals surface area contributed by atoms with E-state index in [4.69, 9.17) is 16.3 Å². The van der Waals surface area contributed by atoms with Crippen LogP contribution in [0, 0.1) is 41.5 Å². The van der Waals surface area contributed by atoms with Crippen molar-refractivity contribution < 1.29 is 4.74 Å². The van der Waals surface area contributed by atoms with Gasteiger partial charge in [0.1, 0.15) is 11.9 Å². The SMILES string of the molecule is Cc1cc(C)c(N2CC(CCCOc3ccc(/N=N/c4ccccc4)cc3)N(c3c(C)cc(C)cc3C)C2CCl)c(C)c1. The molecule has 2 unspecified atom stereocenters. The molecule has 2 atom stereocenters. The molecule has 4 aromatic rings. The van der Waals surface area contributed by atoms with E-state index < -0.39 is 0 Å². The van der Waals surface area contributed by atoms with Crippen LogP contribution < -0.4 is 14.5 Å². The summed E-state index contributed by atoms with van der Waals surface area (Å²) >= 11 is 6.82. The molecule has 0 amide bonds. The number of anilines is 2. The Kier molecular flexibility index (Phi) is 9.72. The first kappa shape index (κ1) is 30.6. The number of ether oxygens (including phenoxy) is 1.